The Morgan fingerprint density at radius 3 is 2.23 bits per heavy atom. The first-order chi connectivity index (χ1) is 19.0. The summed E-state index contributed by atoms with van der Waals surface area (Å²) in [5, 5.41) is 11.4. The summed E-state index contributed by atoms with van der Waals surface area (Å²) in [7, 11) is 0. The molecule has 7 nitrogen and oxygen atoms in total. The molecule has 3 aromatic carbocycles. The fourth-order valence-corrected chi connectivity index (χ4v) is 4.87. The van der Waals surface area contributed by atoms with Crippen LogP contribution < -0.4 is 9.47 Å². The van der Waals surface area contributed by atoms with E-state index in [0.717, 1.165) is 19.6 Å². The first-order valence-corrected chi connectivity index (χ1v) is 13.5. The molecule has 0 aromatic heterocycles. The predicted octanol–water partition coefficient (Wildman–Crippen LogP) is 6.03. The highest BCUT2D eigenvalue weighted by molar-refractivity contribution is 6.46. The van der Waals surface area contributed by atoms with Crippen LogP contribution in [-0.2, 0) is 9.59 Å². The van der Waals surface area contributed by atoms with Gasteiger partial charge in [-0.25, -0.2) is 0 Å². The smallest absolute Gasteiger partial charge is 0.295 e. The third-order valence-electron chi connectivity index (χ3n) is 6.90. The van der Waals surface area contributed by atoms with Crippen LogP contribution in [0.4, 0.5) is 0 Å². The molecule has 0 saturated carbocycles. The summed E-state index contributed by atoms with van der Waals surface area (Å²) in [4.78, 5) is 30.6. The third-order valence-corrected chi connectivity index (χ3v) is 6.90. The molecule has 3 aromatic rings. The number of Topliss-reactive ketones (excluding diaryl/α,β-unsaturated/α-hetero) is 1. The topological polar surface area (TPSA) is 79.3 Å². The van der Waals surface area contributed by atoms with Crippen molar-refractivity contribution in [3.63, 3.8) is 0 Å². The molecule has 7 heteroatoms. The van der Waals surface area contributed by atoms with Crippen LogP contribution in [0.2, 0.25) is 0 Å². The van der Waals surface area contributed by atoms with Gasteiger partial charge in [-0.05, 0) is 87.1 Å². The summed E-state index contributed by atoms with van der Waals surface area (Å²) in [6, 6.07) is 22.9. The van der Waals surface area contributed by atoms with Gasteiger partial charge in [0, 0.05) is 12.1 Å². The Morgan fingerprint density at radius 2 is 1.56 bits per heavy atom. The largest absolute Gasteiger partial charge is 0.507 e. The molecule has 1 saturated heterocycles. The quantitative estimate of drug-likeness (QED) is 0.176. The number of aliphatic hydroxyl groups is 1. The van der Waals surface area contributed by atoms with Crippen molar-refractivity contribution in [3.05, 3.63) is 95.6 Å². The number of benzene rings is 3. The van der Waals surface area contributed by atoms with E-state index >= 15 is 0 Å². The average molecular weight is 529 g/mol. The second-order valence-electron chi connectivity index (χ2n) is 9.32. The number of rotatable bonds is 12. The van der Waals surface area contributed by atoms with Crippen molar-refractivity contribution in [2.24, 2.45) is 0 Å². The molecule has 204 valence electrons. The zero-order valence-electron chi connectivity index (χ0n) is 22.8. The number of amides is 1. The van der Waals surface area contributed by atoms with Crippen LogP contribution in [0.3, 0.4) is 0 Å². The molecule has 0 spiro atoms. The summed E-state index contributed by atoms with van der Waals surface area (Å²) in [5.74, 6) is 0.408. The fourth-order valence-electron chi connectivity index (χ4n) is 4.87. The molecule has 1 atom stereocenters. The van der Waals surface area contributed by atoms with E-state index in [2.05, 4.69) is 18.7 Å². The zero-order chi connectivity index (χ0) is 27.8. The minimum Gasteiger partial charge on any atom is -0.507 e. The van der Waals surface area contributed by atoms with E-state index < -0.39 is 17.7 Å². The minimum absolute atomic E-state index is 0.0730. The third kappa shape index (κ3) is 6.49. The maximum atomic E-state index is 13.4. The maximum absolute atomic E-state index is 13.4. The molecule has 1 heterocycles. The summed E-state index contributed by atoms with van der Waals surface area (Å²) in [5.41, 5.74) is 1.21. The van der Waals surface area contributed by atoms with Crippen molar-refractivity contribution in [2.45, 2.75) is 33.2 Å². The molecule has 0 radical (unpaired) electrons. The summed E-state index contributed by atoms with van der Waals surface area (Å²) in [6.45, 7) is 9.63. The van der Waals surface area contributed by atoms with Crippen LogP contribution in [-0.4, -0.2) is 59.4 Å². The fraction of sp³-hybridized carbons (Fsp3) is 0.312. The molecule has 4 rings (SSSR count). The van der Waals surface area contributed by atoms with E-state index in [1.165, 1.54) is 0 Å². The number of hydrogen-bond acceptors (Lipinski definition) is 6. The summed E-state index contributed by atoms with van der Waals surface area (Å²) < 4.78 is 11.5. The molecular formula is C32H36N2O5. The number of ether oxygens (including phenoxy) is 2. The molecule has 1 N–H and O–H groups in total. The van der Waals surface area contributed by atoms with Crippen molar-refractivity contribution in [3.8, 4) is 17.2 Å². The van der Waals surface area contributed by atoms with Crippen molar-refractivity contribution in [1.29, 1.82) is 0 Å². The Kier molecular flexibility index (Phi) is 9.39. The molecular weight excluding hydrogens is 492 g/mol. The molecule has 1 amide bonds. The Balaban J connectivity index is 1.73. The van der Waals surface area contributed by atoms with Gasteiger partial charge in [-0.3, -0.25) is 9.59 Å². The van der Waals surface area contributed by atoms with E-state index in [1.807, 2.05) is 61.5 Å². The molecule has 39 heavy (non-hydrogen) atoms. The molecule has 0 aliphatic carbocycles. The summed E-state index contributed by atoms with van der Waals surface area (Å²) in [6.07, 6.45) is 0.703. The Bertz CT molecular complexity index is 1300. The van der Waals surface area contributed by atoms with Crippen LogP contribution in [0.1, 0.15) is 44.4 Å². The lowest BCUT2D eigenvalue weighted by atomic mass is 9.95. The lowest BCUT2D eigenvalue weighted by Gasteiger charge is -2.27. The molecule has 1 aliphatic rings. The molecule has 1 fully saturated rings. The Hall–Kier alpha value is -4.10. The van der Waals surface area contributed by atoms with Gasteiger partial charge in [-0.2, -0.15) is 0 Å². The van der Waals surface area contributed by atoms with Crippen molar-refractivity contribution in [1.82, 2.24) is 9.80 Å². The monoisotopic (exact) mass is 528 g/mol. The van der Waals surface area contributed by atoms with E-state index in [-0.39, 0.29) is 11.3 Å². The number of carbonyl (C=O) groups excluding carboxylic acids is 2. The molecule has 0 bridgehead atoms. The van der Waals surface area contributed by atoms with Gasteiger partial charge in [0.25, 0.3) is 11.7 Å². The van der Waals surface area contributed by atoms with E-state index in [0.29, 0.717) is 47.9 Å². The Morgan fingerprint density at radius 1 is 0.872 bits per heavy atom. The van der Waals surface area contributed by atoms with Crippen LogP contribution in [0, 0.1) is 0 Å². The SMILES string of the molecule is CCOc1ccc(C(O)=C2C(=O)C(=O)N(CCCN(CC)CC)[C@H]2c2cccc(Oc3ccccc3)c2)cc1. The van der Waals surface area contributed by atoms with Crippen LogP contribution >= 0.6 is 0 Å². The lowest BCUT2D eigenvalue weighted by molar-refractivity contribution is -0.140. The number of ketones is 1. The predicted molar refractivity (Wildman–Crippen MR) is 152 cm³/mol. The number of carbonyl (C=O) groups is 2. The van der Waals surface area contributed by atoms with Crippen LogP contribution in [0.15, 0.2) is 84.4 Å². The van der Waals surface area contributed by atoms with Gasteiger partial charge in [0.1, 0.15) is 23.0 Å². The van der Waals surface area contributed by atoms with E-state index in [1.54, 1.807) is 29.2 Å². The highest BCUT2D eigenvalue weighted by Crippen LogP contribution is 2.41. The standard InChI is InChI=1S/C32H36N2O5/c1-4-33(5-2)20-11-21-34-29(24-12-10-15-27(22-24)39-26-13-8-7-9-14-26)28(31(36)32(34)37)30(35)23-16-18-25(19-17-23)38-6-3/h7-10,12-19,22,29,35H,4-6,11,20-21H2,1-3H3/t29-/m0/s1. The van der Waals surface area contributed by atoms with Crippen LogP contribution in [0.25, 0.3) is 5.76 Å². The van der Waals surface area contributed by atoms with Gasteiger partial charge >= 0.3 is 0 Å². The van der Waals surface area contributed by atoms with Crippen molar-refractivity contribution in [2.75, 3.05) is 32.8 Å². The highest BCUT2D eigenvalue weighted by atomic mass is 16.5. The first kappa shape index (κ1) is 27.9. The van der Waals surface area contributed by atoms with Gasteiger partial charge < -0.3 is 24.4 Å². The van der Waals surface area contributed by atoms with Gasteiger partial charge in [0.05, 0.1) is 18.2 Å². The molecule has 1 aliphatic heterocycles. The van der Waals surface area contributed by atoms with Gasteiger partial charge in [0.2, 0.25) is 0 Å². The lowest BCUT2D eigenvalue weighted by Crippen LogP contribution is -2.33. The Labute approximate surface area is 230 Å². The zero-order valence-corrected chi connectivity index (χ0v) is 22.8. The normalized spacial score (nSPS) is 16.6. The van der Waals surface area contributed by atoms with Crippen molar-refractivity contribution >= 4 is 17.4 Å². The number of nitrogens with zero attached hydrogens (tertiary/aromatic N) is 2. The number of likely N-dealkylation sites (tertiary alicyclic amines) is 1. The summed E-state index contributed by atoms with van der Waals surface area (Å²) >= 11 is 0. The average Bonchev–Trinajstić information content (AvgIpc) is 3.21. The number of hydrogen-bond donors (Lipinski definition) is 1. The van der Waals surface area contributed by atoms with Crippen molar-refractivity contribution < 1.29 is 24.2 Å². The second-order valence-corrected chi connectivity index (χ2v) is 9.32. The van der Waals surface area contributed by atoms with Gasteiger partial charge in [-0.15, -0.1) is 0 Å². The highest BCUT2D eigenvalue weighted by Gasteiger charge is 2.46. The van der Waals surface area contributed by atoms with Gasteiger partial charge in [0.15, 0.2) is 0 Å². The maximum Gasteiger partial charge on any atom is 0.295 e. The number of para-hydroxylation sites is 1. The first-order valence-electron chi connectivity index (χ1n) is 13.5. The van der Waals surface area contributed by atoms with Crippen LogP contribution in [0.5, 0.6) is 17.2 Å². The van der Waals surface area contributed by atoms with E-state index in [9.17, 15) is 14.7 Å². The second kappa shape index (κ2) is 13.1. The van der Waals surface area contributed by atoms with Gasteiger partial charge in [-0.1, -0.05) is 44.2 Å². The van der Waals surface area contributed by atoms with E-state index in [4.69, 9.17) is 9.47 Å². The number of aliphatic hydroxyl groups excluding tert-OH is 1. The molecule has 0 unspecified atom stereocenters. The minimum atomic E-state index is -0.743.